The van der Waals surface area contributed by atoms with Crippen molar-refractivity contribution in [3.8, 4) is 27.8 Å². The predicted molar refractivity (Wildman–Crippen MR) is 118 cm³/mol. The number of methoxy groups -OCH3 is 2. The van der Waals surface area contributed by atoms with Crippen molar-refractivity contribution < 1.29 is 23.7 Å². The van der Waals surface area contributed by atoms with Gasteiger partial charge in [-0.25, -0.2) is 4.98 Å². The monoisotopic (exact) mass is 440 g/mol. The molecule has 4 rings (SSSR count). The zero-order chi connectivity index (χ0) is 21.6. The van der Waals surface area contributed by atoms with E-state index in [4.69, 9.17) is 18.9 Å². The van der Waals surface area contributed by atoms with E-state index in [-0.39, 0.29) is 12.5 Å². The van der Waals surface area contributed by atoms with Crippen molar-refractivity contribution in [2.75, 3.05) is 40.5 Å². The van der Waals surface area contributed by atoms with Crippen molar-refractivity contribution in [2.45, 2.75) is 6.61 Å². The third-order valence-electron chi connectivity index (χ3n) is 4.97. The summed E-state index contributed by atoms with van der Waals surface area (Å²) in [6, 6.07) is 13.0. The second-order valence-corrected chi connectivity index (χ2v) is 7.76. The number of hydrogen-bond acceptors (Lipinski definition) is 7. The van der Waals surface area contributed by atoms with Crippen LogP contribution in [0.3, 0.4) is 0 Å². The van der Waals surface area contributed by atoms with Crippen LogP contribution in [-0.2, 0) is 11.3 Å². The molecule has 1 aromatic heterocycles. The van der Waals surface area contributed by atoms with Crippen LogP contribution in [-0.4, -0.2) is 56.3 Å². The van der Waals surface area contributed by atoms with Crippen LogP contribution >= 0.6 is 11.3 Å². The largest absolute Gasteiger partial charge is 0.493 e. The van der Waals surface area contributed by atoms with E-state index in [1.54, 1.807) is 25.2 Å². The highest BCUT2D eigenvalue weighted by Gasteiger charge is 2.21. The van der Waals surface area contributed by atoms with E-state index in [1.165, 1.54) is 11.3 Å². The first-order valence-electron chi connectivity index (χ1n) is 9.95. The van der Waals surface area contributed by atoms with Gasteiger partial charge in [-0.1, -0.05) is 12.1 Å². The Morgan fingerprint density at radius 3 is 2.61 bits per heavy atom. The fourth-order valence-electron chi connectivity index (χ4n) is 3.33. The Kier molecular flexibility index (Phi) is 6.69. The molecule has 1 amide bonds. The Labute approximate surface area is 185 Å². The lowest BCUT2D eigenvalue weighted by atomic mass is 10.1. The Bertz CT molecular complexity index is 1050. The molecule has 8 heteroatoms. The highest BCUT2D eigenvalue weighted by atomic mass is 32.1. The summed E-state index contributed by atoms with van der Waals surface area (Å²) in [6.45, 7) is 2.58. The normalized spacial score (nSPS) is 13.7. The van der Waals surface area contributed by atoms with Crippen molar-refractivity contribution in [1.82, 2.24) is 9.88 Å². The molecule has 0 bridgehead atoms. The van der Waals surface area contributed by atoms with Crippen molar-refractivity contribution in [3.05, 3.63) is 59.1 Å². The molecule has 1 fully saturated rings. The molecule has 162 valence electrons. The lowest BCUT2D eigenvalue weighted by Gasteiger charge is -2.27. The molecule has 2 heterocycles. The topological polar surface area (TPSA) is 70.1 Å². The van der Waals surface area contributed by atoms with Crippen molar-refractivity contribution in [3.63, 3.8) is 0 Å². The maximum absolute atomic E-state index is 12.9. The first-order chi connectivity index (χ1) is 15.2. The van der Waals surface area contributed by atoms with Gasteiger partial charge < -0.3 is 23.8 Å². The van der Waals surface area contributed by atoms with Crippen molar-refractivity contribution >= 4 is 17.2 Å². The number of carbonyl (C=O) groups excluding carboxylic acids is 1. The number of amides is 1. The molecule has 31 heavy (non-hydrogen) atoms. The first kappa shape index (κ1) is 21.1. The number of aromatic nitrogens is 1. The van der Waals surface area contributed by atoms with E-state index in [0.29, 0.717) is 49.1 Å². The standard InChI is InChI=1S/C23H24N2O5S/c1-27-20-8-7-16(13-21(20)28-2)22-24-17(15-31-22)14-30-19-6-4-3-5-18(19)23(26)25-9-11-29-12-10-25/h3-8,13,15H,9-12,14H2,1-2H3. The summed E-state index contributed by atoms with van der Waals surface area (Å²) in [6.07, 6.45) is 0. The molecule has 0 aliphatic carbocycles. The van der Waals surface area contributed by atoms with E-state index in [0.717, 1.165) is 16.3 Å². The molecule has 7 nitrogen and oxygen atoms in total. The van der Waals surface area contributed by atoms with Crippen LogP contribution in [0.25, 0.3) is 10.6 Å². The number of nitrogens with zero attached hydrogens (tertiary/aromatic N) is 2. The van der Waals surface area contributed by atoms with Gasteiger partial charge in [-0.3, -0.25) is 4.79 Å². The van der Waals surface area contributed by atoms with Crippen LogP contribution in [0.15, 0.2) is 47.8 Å². The minimum atomic E-state index is -0.0387. The summed E-state index contributed by atoms with van der Waals surface area (Å²) >= 11 is 1.53. The number of ether oxygens (including phenoxy) is 4. The number of thiazole rings is 1. The SMILES string of the molecule is COc1ccc(-c2nc(COc3ccccc3C(=O)N3CCOCC3)cs2)cc1OC. The molecule has 0 unspecified atom stereocenters. The molecule has 0 radical (unpaired) electrons. The number of morpholine rings is 1. The van der Waals surface area contributed by atoms with Gasteiger partial charge in [-0.05, 0) is 30.3 Å². The zero-order valence-electron chi connectivity index (χ0n) is 17.5. The number of benzene rings is 2. The highest BCUT2D eigenvalue weighted by molar-refractivity contribution is 7.13. The number of para-hydroxylation sites is 1. The Morgan fingerprint density at radius 2 is 1.84 bits per heavy atom. The van der Waals surface area contributed by atoms with Crippen LogP contribution in [0.1, 0.15) is 16.1 Å². The Hall–Kier alpha value is -3.10. The second-order valence-electron chi connectivity index (χ2n) is 6.90. The molecule has 1 aliphatic rings. The molecular weight excluding hydrogens is 416 g/mol. The third kappa shape index (κ3) is 4.81. The molecule has 0 atom stereocenters. The lowest BCUT2D eigenvalue weighted by molar-refractivity contribution is 0.0300. The number of hydrogen-bond donors (Lipinski definition) is 0. The molecule has 0 saturated carbocycles. The van der Waals surface area contributed by atoms with Gasteiger partial charge in [-0.2, -0.15) is 0 Å². The molecular formula is C23H24N2O5S. The maximum atomic E-state index is 12.9. The minimum absolute atomic E-state index is 0.0387. The Balaban J connectivity index is 1.46. The summed E-state index contributed by atoms with van der Waals surface area (Å²) in [7, 11) is 3.22. The smallest absolute Gasteiger partial charge is 0.257 e. The maximum Gasteiger partial charge on any atom is 0.257 e. The van der Waals surface area contributed by atoms with Gasteiger partial charge >= 0.3 is 0 Å². The summed E-state index contributed by atoms with van der Waals surface area (Å²) in [4.78, 5) is 19.4. The number of carbonyl (C=O) groups is 1. The average Bonchev–Trinajstić information content (AvgIpc) is 3.31. The second kappa shape index (κ2) is 9.80. The fraction of sp³-hybridized carbons (Fsp3) is 0.304. The summed E-state index contributed by atoms with van der Waals surface area (Å²) in [5.74, 6) is 1.85. The van der Waals surface area contributed by atoms with E-state index in [2.05, 4.69) is 4.98 Å². The van der Waals surface area contributed by atoms with Gasteiger partial charge in [0, 0.05) is 24.0 Å². The van der Waals surface area contributed by atoms with Crippen LogP contribution < -0.4 is 14.2 Å². The molecule has 1 saturated heterocycles. The average molecular weight is 441 g/mol. The third-order valence-corrected chi connectivity index (χ3v) is 5.91. The minimum Gasteiger partial charge on any atom is -0.493 e. The van der Waals surface area contributed by atoms with Crippen LogP contribution in [0, 0.1) is 0 Å². The molecule has 0 spiro atoms. The predicted octanol–water partition coefficient (Wildman–Crippen LogP) is 3.88. The highest BCUT2D eigenvalue weighted by Crippen LogP contribution is 2.33. The molecule has 0 N–H and O–H groups in total. The van der Waals surface area contributed by atoms with Gasteiger partial charge in [-0.15, -0.1) is 11.3 Å². The van der Waals surface area contributed by atoms with E-state index in [9.17, 15) is 4.79 Å². The van der Waals surface area contributed by atoms with E-state index in [1.807, 2.05) is 41.8 Å². The summed E-state index contributed by atoms with van der Waals surface area (Å²) < 4.78 is 22.0. The first-order valence-corrected chi connectivity index (χ1v) is 10.8. The molecule has 2 aromatic carbocycles. The van der Waals surface area contributed by atoms with Gasteiger partial charge in [0.2, 0.25) is 0 Å². The van der Waals surface area contributed by atoms with Gasteiger partial charge in [0.05, 0.1) is 38.7 Å². The summed E-state index contributed by atoms with van der Waals surface area (Å²) in [5.41, 5.74) is 2.29. The number of rotatable bonds is 7. The van der Waals surface area contributed by atoms with Gasteiger partial charge in [0.15, 0.2) is 11.5 Å². The fourth-order valence-corrected chi connectivity index (χ4v) is 4.13. The Morgan fingerprint density at radius 1 is 1.06 bits per heavy atom. The van der Waals surface area contributed by atoms with E-state index >= 15 is 0 Å². The van der Waals surface area contributed by atoms with Gasteiger partial charge in [0.1, 0.15) is 17.4 Å². The van der Waals surface area contributed by atoms with Gasteiger partial charge in [0.25, 0.3) is 5.91 Å². The zero-order valence-corrected chi connectivity index (χ0v) is 18.3. The summed E-state index contributed by atoms with van der Waals surface area (Å²) in [5, 5.41) is 2.82. The van der Waals surface area contributed by atoms with E-state index < -0.39 is 0 Å². The van der Waals surface area contributed by atoms with Crippen LogP contribution in [0.5, 0.6) is 17.2 Å². The quantitative estimate of drug-likeness (QED) is 0.555. The molecule has 3 aromatic rings. The van der Waals surface area contributed by atoms with Crippen LogP contribution in [0.4, 0.5) is 0 Å². The van der Waals surface area contributed by atoms with Crippen LogP contribution in [0.2, 0.25) is 0 Å². The van der Waals surface area contributed by atoms with Crippen molar-refractivity contribution in [2.24, 2.45) is 0 Å². The molecule has 1 aliphatic heterocycles. The van der Waals surface area contributed by atoms with Crippen molar-refractivity contribution in [1.29, 1.82) is 0 Å². The lowest BCUT2D eigenvalue weighted by Crippen LogP contribution is -2.40.